The van der Waals surface area contributed by atoms with Crippen molar-refractivity contribution >= 4 is 22.7 Å². The second-order valence-corrected chi connectivity index (χ2v) is 6.31. The molecule has 0 saturated carbocycles. The van der Waals surface area contributed by atoms with E-state index in [0.717, 1.165) is 29.8 Å². The molecule has 0 N–H and O–H groups in total. The summed E-state index contributed by atoms with van der Waals surface area (Å²) in [5.41, 5.74) is 1.39. The van der Waals surface area contributed by atoms with Crippen LogP contribution in [-0.4, -0.2) is 25.3 Å². The van der Waals surface area contributed by atoms with Crippen LogP contribution in [-0.2, 0) is 11.8 Å². The monoisotopic (exact) mass is 271 g/mol. The molecule has 0 aliphatic heterocycles. The first-order valence-electron chi connectivity index (χ1n) is 6.26. The predicted octanol–water partition coefficient (Wildman–Crippen LogP) is 3.07. The Kier molecular flexibility index (Phi) is 3.64. The maximum absolute atomic E-state index is 9.46. The van der Waals surface area contributed by atoms with Gasteiger partial charge in [-0.3, -0.25) is 0 Å². The number of rotatable bonds is 2. The van der Waals surface area contributed by atoms with Gasteiger partial charge in [-0.2, -0.15) is 5.26 Å². The Morgan fingerprint density at radius 2 is 2.26 bits per heavy atom. The zero-order valence-electron chi connectivity index (χ0n) is 11.5. The number of aliphatic imine (C=N–C) groups is 1. The van der Waals surface area contributed by atoms with Crippen molar-refractivity contribution < 1.29 is 0 Å². The van der Waals surface area contributed by atoms with Crippen LogP contribution in [0.5, 0.6) is 0 Å². The van der Waals surface area contributed by atoms with Gasteiger partial charge in [0.2, 0.25) is 0 Å². The molecule has 19 heavy (non-hydrogen) atoms. The Hall–Kier alpha value is -1.78. The van der Waals surface area contributed by atoms with E-state index in [0.29, 0.717) is 5.56 Å². The molecule has 0 aromatic carbocycles. The van der Waals surface area contributed by atoms with Crippen LogP contribution >= 0.6 is 11.3 Å². The normalized spacial score (nSPS) is 21.7. The van der Waals surface area contributed by atoms with E-state index in [1.807, 2.05) is 19.0 Å². The first kappa shape index (κ1) is 13.6. The molecule has 0 unspecified atom stereocenters. The average molecular weight is 271 g/mol. The summed E-state index contributed by atoms with van der Waals surface area (Å²) in [4.78, 5) is 7.50. The lowest BCUT2D eigenvalue weighted by atomic mass is 9.73. The molecule has 98 valence electrons. The number of terminal acetylenes is 1. The van der Waals surface area contributed by atoms with E-state index in [1.54, 1.807) is 17.7 Å². The van der Waals surface area contributed by atoms with Crippen LogP contribution in [0.1, 0.15) is 35.8 Å². The van der Waals surface area contributed by atoms with E-state index in [9.17, 15) is 5.26 Å². The molecular weight excluding hydrogens is 254 g/mol. The Balaban J connectivity index is 2.58. The molecule has 1 aromatic rings. The maximum Gasteiger partial charge on any atom is 0.136 e. The minimum Gasteiger partial charge on any atom is -0.369 e. The molecular formula is C15H17N3S. The smallest absolute Gasteiger partial charge is 0.136 e. The van der Waals surface area contributed by atoms with E-state index in [2.05, 4.69) is 23.9 Å². The second kappa shape index (κ2) is 5.07. The van der Waals surface area contributed by atoms with E-state index < -0.39 is 0 Å². The Bertz CT molecular complexity index is 598. The Labute approximate surface area is 118 Å². The molecule has 0 spiro atoms. The lowest BCUT2D eigenvalue weighted by molar-refractivity contribution is 0.502. The van der Waals surface area contributed by atoms with Crippen LogP contribution in [0.15, 0.2) is 4.99 Å². The fraction of sp³-hybridized carbons (Fsp3) is 0.467. The van der Waals surface area contributed by atoms with Crippen LogP contribution in [0, 0.1) is 23.7 Å². The third-order valence-corrected chi connectivity index (χ3v) is 4.59. The SMILES string of the molecule is C#C[C@@]1(C)CCCc2sc(/N=C/N(C)C)c(C#N)c21. The molecule has 3 nitrogen and oxygen atoms in total. The summed E-state index contributed by atoms with van der Waals surface area (Å²) in [5.74, 6) is 2.88. The third kappa shape index (κ3) is 2.37. The quantitative estimate of drug-likeness (QED) is 0.471. The van der Waals surface area contributed by atoms with Gasteiger partial charge in [0.15, 0.2) is 0 Å². The van der Waals surface area contributed by atoms with Crippen molar-refractivity contribution in [2.45, 2.75) is 31.6 Å². The summed E-state index contributed by atoms with van der Waals surface area (Å²) in [6.45, 7) is 2.05. The maximum atomic E-state index is 9.46. The van der Waals surface area contributed by atoms with Crippen molar-refractivity contribution in [1.29, 1.82) is 5.26 Å². The molecule has 0 radical (unpaired) electrons. The molecule has 0 bridgehead atoms. The van der Waals surface area contributed by atoms with Gasteiger partial charge in [0.1, 0.15) is 11.1 Å². The van der Waals surface area contributed by atoms with Crippen LogP contribution < -0.4 is 0 Å². The Morgan fingerprint density at radius 3 is 2.84 bits per heavy atom. The van der Waals surface area contributed by atoms with Gasteiger partial charge in [-0.05, 0) is 26.2 Å². The zero-order chi connectivity index (χ0) is 14.0. The summed E-state index contributed by atoms with van der Waals surface area (Å²) in [5, 5.41) is 10.2. The molecule has 1 aromatic heterocycles. The van der Waals surface area contributed by atoms with Gasteiger partial charge in [0, 0.05) is 24.5 Å². The molecule has 1 aliphatic rings. The number of nitrogens with zero attached hydrogens (tertiary/aromatic N) is 3. The van der Waals surface area contributed by atoms with Gasteiger partial charge in [0.05, 0.1) is 17.3 Å². The summed E-state index contributed by atoms with van der Waals surface area (Å²) < 4.78 is 0. The standard InChI is InChI=1S/C15H17N3S/c1-5-15(2)8-6-7-12-13(15)11(9-16)14(19-12)17-10-18(3)4/h1,10H,6-8H2,2-4H3/b17-10+/t15-/m0/s1. The minimum absolute atomic E-state index is 0.318. The number of aryl methyl sites for hydroxylation is 1. The van der Waals surface area contributed by atoms with Crippen LogP contribution in [0.3, 0.4) is 0 Å². The van der Waals surface area contributed by atoms with Crippen LogP contribution in [0.2, 0.25) is 0 Å². The molecule has 1 aliphatic carbocycles. The van der Waals surface area contributed by atoms with Crippen LogP contribution in [0.4, 0.5) is 5.00 Å². The number of hydrogen-bond acceptors (Lipinski definition) is 3. The van der Waals surface area contributed by atoms with Gasteiger partial charge in [0.25, 0.3) is 0 Å². The summed E-state index contributed by atoms with van der Waals surface area (Å²) >= 11 is 1.60. The Morgan fingerprint density at radius 1 is 1.53 bits per heavy atom. The fourth-order valence-corrected chi connectivity index (χ4v) is 3.72. The molecule has 4 heteroatoms. The van der Waals surface area contributed by atoms with Gasteiger partial charge in [-0.15, -0.1) is 17.8 Å². The van der Waals surface area contributed by atoms with Gasteiger partial charge in [-0.25, -0.2) is 4.99 Å². The van der Waals surface area contributed by atoms with Crippen molar-refractivity contribution in [1.82, 2.24) is 4.90 Å². The molecule has 1 atom stereocenters. The zero-order valence-corrected chi connectivity index (χ0v) is 12.3. The summed E-state index contributed by atoms with van der Waals surface area (Å²) in [6, 6.07) is 2.30. The number of fused-ring (bicyclic) bond motifs is 1. The molecule has 0 saturated heterocycles. The van der Waals surface area contributed by atoms with Crippen molar-refractivity contribution in [3.8, 4) is 18.4 Å². The molecule has 0 amide bonds. The first-order valence-corrected chi connectivity index (χ1v) is 7.08. The van der Waals surface area contributed by atoms with Gasteiger partial charge in [-0.1, -0.05) is 5.92 Å². The minimum atomic E-state index is -0.318. The second-order valence-electron chi connectivity index (χ2n) is 5.23. The molecule has 1 heterocycles. The fourth-order valence-electron chi connectivity index (χ4n) is 2.46. The lowest BCUT2D eigenvalue weighted by Gasteiger charge is -2.29. The summed E-state index contributed by atoms with van der Waals surface area (Å²) in [6.07, 6.45) is 10.5. The van der Waals surface area contributed by atoms with E-state index >= 15 is 0 Å². The highest BCUT2D eigenvalue weighted by Gasteiger charge is 2.36. The summed E-state index contributed by atoms with van der Waals surface area (Å²) in [7, 11) is 3.82. The van der Waals surface area contributed by atoms with Gasteiger partial charge < -0.3 is 4.90 Å². The highest BCUT2D eigenvalue weighted by molar-refractivity contribution is 7.16. The van der Waals surface area contributed by atoms with Crippen molar-refractivity contribution in [2.75, 3.05) is 14.1 Å². The van der Waals surface area contributed by atoms with Crippen molar-refractivity contribution in [3.63, 3.8) is 0 Å². The highest BCUT2D eigenvalue weighted by atomic mass is 32.1. The van der Waals surface area contributed by atoms with E-state index in [1.165, 1.54) is 4.88 Å². The molecule has 2 rings (SSSR count). The topological polar surface area (TPSA) is 39.4 Å². The number of thiophene rings is 1. The van der Waals surface area contributed by atoms with Gasteiger partial charge >= 0.3 is 0 Å². The average Bonchev–Trinajstić information content (AvgIpc) is 2.75. The number of nitriles is 1. The first-order chi connectivity index (χ1) is 9.01. The largest absolute Gasteiger partial charge is 0.369 e. The highest BCUT2D eigenvalue weighted by Crippen LogP contribution is 2.47. The lowest BCUT2D eigenvalue weighted by Crippen LogP contribution is -2.25. The van der Waals surface area contributed by atoms with E-state index in [4.69, 9.17) is 6.42 Å². The third-order valence-electron chi connectivity index (χ3n) is 3.43. The molecule has 0 fully saturated rings. The number of hydrogen-bond donors (Lipinski definition) is 0. The van der Waals surface area contributed by atoms with Crippen molar-refractivity contribution in [3.05, 3.63) is 16.0 Å². The van der Waals surface area contributed by atoms with E-state index in [-0.39, 0.29) is 5.41 Å². The van der Waals surface area contributed by atoms with Crippen LogP contribution in [0.25, 0.3) is 0 Å². The predicted molar refractivity (Wildman–Crippen MR) is 80.0 cm³/mol. The van der Waals surface area contributed by atoms with Crippen molar-refractivity contribution in [2.24, 2.45) is 4.99 Å².